The van der Waals surface area contributed by atoms with Gasteiger partial charge in [-0.3, -0.25) is 4.90 Å². The Morgan fingerprint density at radius 1 is 1.21 bits per heavy atom. The van der Waals surface area contributed by atoms with Gasteiger partial charge in [0.15, 0.2) is 0 Å². The Morgan fingerprint density at radius 2 is 1.96 bits per heavy atom. The SMILES string of the molecule is O=C(NCC1(O)CCCC1)NC1CCCN(Cc2ccccc2)C1. The van der Waals surface area contributed by atoms with Crippen LogP contribution in [0.15, 0.2) is 30.3 Å². The van der Waals surface area contributed by atoms with E-state index >= 15 is 0 Å². The maximum absolute atomic E-state index is 12.1. The first-order valence-electron chi connectivity index (χ1n) is 9.16. The highest BCUT2D eigenvalue weighted by molar-refractivity contribution is 5.74. The van der Waals surface area contributed by atoms with Crippen molar-refractivity contribution in [3.8, 4) is 0 Å². The van der Waals surface area contributed by atoms with Crippen molar-refractivity contribution in [2.24, 2.45) is 0 Å². The molecule has 2 aliphatic rings. The van der Waals surface area contributed by atoms with Crippen LogP contribution in [-0.2, 0) is 6.54 Å². The standard InChI is InChI=1S/C19H29N3O2/c23-18(20-15-19(24)10-4-5-11-19)21-17-9-6-12-22(14-17)13-16-7-2-1-3-8-16/h1-3,7-8,17,24H,4-6,9-15H2,(H2,20,21,23). The lowest BCUT2D eigenvalue weighted by Gasteiger charge is -2.33. The number of carbonyl (C=O) groups excluding carboxylic acids is 1. The summed E-state index contributed by atoms with van der Waals surface area (Å²) >= 11 is 0. The molecule has 1 unspecified atom stereocenters. The van der Waals surface area contributed by atoms with E-state index in [2.05, 4.69) is 39.8 Å². The first-order chi connectivity index (χ1) is 11.6. The third-order valence-electron chi connectivity index (χ3n) is 5.20. The Morgan fingerprint density at radius 3 is 2.71 bits per heavy atom. The van der Waals surface area contributed by atoms with Crippen LogP contribution in [0.2, 0.25) is 0 Å². The third kappa shape index (κ3) is 4.95. The van der Waals surface area contributed by atoms with Crippen LogP contribution in [0.3, 0.4) is 0 Å². The van der Waals surface area contributed by atoms with Crippen LogP contribution in [0.25, 0.3) is 0 Å². The summed E-state index contributed by atoms with van der Waals surface area (Å²) in [4.78, 5) is 14.5. The van der Waals surface area contributed by atoms with Gasteiger partial charge in [-0.1, -0.05) is 43.2 Å². The van der Waals surface area contributed by atoms with Crippen molar-refractivity contribution in [3.05, 3.63) is 35.9 Å². The first-order valence-corrected chi connectivity index (χ1v) is 9.16. The van der Waals surface area contributed by atoms with E-state index in [0.717, 1.165) is 58.2 Å². The molecule has 24 heavy (non-hydrogen) atoms. The number of likely N-dealkylation sites (tertiary alicyclic amines) is 1. The summed E-state index contributed by atoms with van der Waals surface area (Å²) in [7, 11) is 0. The molecular formula is C19H29N3O2. The van der Waals surface area contributed by atoms with Crippen molar-refractivity contribution in [3.63, 3.8) is 0 Å². The molecule has 1 aliphatic carbocycles. The normalized spacial score (nSPS) is 23.8. The molecule has 2 amide bonds. The summed E-state index contributed by atoms with van der Waals surface area (Å²) in [5, 5.41) is 16.2. The van der Waals surface area contributed by atoms with Crippen LogP contribution in [-0.4, -0.2) is 47.3 Å². The zero-order valence-electron chi connectivity index (χ0n) is 14.3. The van der Waals surface area contributed by atoms with Crippen LogP contribution in [0.4, 0.5) is 4.79 Å². The second kappa shape index (κ2) is 7.99. The molecule has 1 saturated carbocycles. The molecule has 3 rings (SSSR count). The summed E-state index contributed by atoms with van der Waals surface area (Å²) in [5.74, 6) is 0. The van der Waals surface area contributed by atoms with Gasteiger partial charge in [-0.2, -0.15) is 0 Å². The van der Waals surface area contributed by atoms with Gasteiger partial charge in [-0.25, -0.2) is 4.79 Å². The maximum Gasteiger partial charge on any atom is 0.315 e. The minimum atomic E-state index is -0.691. The molecule has 3 N–H and O–H groups in total. The largest absolute Gasteiger partial charge is 0.388 e. The number of rotatable bonds is 5. The predicted molar refractivity (Wildman–Crippen MR) is 94.7 cm³/mol. The van der Waals surface area contributed by atoms with E-state index in [1.54, 1.807) is 0 Å². The number of urea groups is 1. The third-order valence-corrected chi connectivity index (χ3v) is 5.20. The number of piperidine rings is 1. The smallest absolute Gasteiger partial charge is 0.315 e. The summed E-state index contributed by atoms with van der Waals surface area (Å²) < 4.78 is 0. The Bertz CT molecular complexity index is 529. The molecule has 1 aromatic carbocycles. The van der Waals surface area contributed by atoms with E-state index in [1.807, 2.05) is 6.07 Å². The van der Waals surface area contributed by atoms with Crippen molar-refractivity contribution in [1.82, 2.24) is 15.5 Å². The highest BCUT2D eigenvalue weighted by Crippen LogP contribution is 2.28. The van der Waals surface area contributed by atoms with Gasteiger partial charge in [-0.05, 0) is 37.8 Å². The molecule has 0 radical (unpaired) electrons. The van der Waals surface area contributed by atoms with Crippen LogP contribution in [0.1, 0.15) is 44.1 Å². The van der Waals surface area contributed by atoms with Gasteiger partial charge >= 0.3 is 6.03 Å². The van der Waals surface area contributed by atoms with E-state index in [1.165, 1.54) is 5.56 Å². The minimum absolute atomic E-state index is 0.151. The van der Waals surface area contributed by atoms with Gasteiger partial charge in [0.25, 0.3) is 0 Å². The molecule has 1 aliphatic heterocycles. The molecule has 132 valence electrons. The van der Waals surface area contributed by atoms with E-state index in [0.29, 0.717) is 6.54 Å². The molecule has 0 aromatic heterocycles. The average Bonchev–Trinajstić information content (AvgIpc) is 3.02. The number of benzene rings is 1. The monoisotopic (exact) mass is 331 g/mol. The highest BCUT2D eigenvalue weighted by atomic mass is 16.3. The Labute approximate surface area is 144 Å². The number of amides is 2. The van der Waals surface area contributed by atoms with Crippen LogP contribution in [0, 0.1) is 0 Å². The van der Waals surface area contributed by atoms with Crippen molar-refractivity contribution in [1.29, 1.82) is 0 Å². The highest BCUT2D eigenvalue weighted by Gasteiger charge is 2.31. The van der Waals surface area contributed by atoms with Gasteiger partial charge in [0.1, 0.15) is 0 Å². The van der Waals surface area contributed by atoms with E-state index in [-0.39, 0.29) is 12.1 Å². The maximum atomic E-state index is 12.1. The number of hydrogen-bond donors (Lipinski definition) is 3. The molecule has 1 heterocycles. The zero-order chi connectivity index (χ0) is 16.8. The van der Waals surface area contributed by atoms with Gasteiger partial charge in [-0.15, -0.1) is 0 Å². The lowest BCUT2D eigenvalue weighted by molar-refractivity contribution is 0.0498. The van der Waals surface area contributed by atoms with E-state index < -0.39 is 5.60 Å². The average molecular weight is 331 g/mol. The van der Waals surface area contributed by atoms with Crippen molar-refractivity contribution in [2.45, 2.75) is 56.7 Å². The molecule has 1 aromatic rings. The van der Waals surface area contributed by atoms with Crippen LogP contribution < -0.4 is 10.6 Å². The van der Waals surface area contributed by atoms with Crippen molar-refractivity contribution >= 4 is 6.03 Å². The molecule has 5 nitrogen and oxygen atoms in total. The van der Waals surface area contributed by atoms with Gasteiger partial charge < -0.3 is 15.7 Å². The Balaban J connectivity index is 1.42. The quantitative estimate of drug-likeness (QED) is 0.775. The number of hydrogen-bond acceptors (Lipinski definition) is 3. The van der Waals surface area contributed by atoms with E-state index in [4.69, 9.17) is 0 Å². The number of nitrogens with zero attached hydrogens (tertiary/aromatic N) is 1. The van der Waals surface area contributed by atoms with Gasteiger partial charge in [0.2, 0.25) is 0 Å². The first kappa shape index (κ1) is 17.2. The summed E-state index contributed by atoms with van der Waals surface area (Å²) in [6.07, 6.45) is 5.81. The van der Waals surface area contributed by atoms with Crippen LogP contribution in [0.5, 0.6) is 0 Å². The molecular weight excluding hydrogens is 302 g/mol. The summed E-state index contributed by atoms with van der Waals surface area (Å²) in [6, 6.07) is 10.5. The fourth-order valence-electron chi connectivity index (χ4n) is 3.85. The Kier molecular flexibility index (Phi) is 5.74. The lowest BCUT2D eigenvalue weighted by atomic mass is 10.0. The molecule has 2 fully saturated rings. The number of carbonyl (C=O) groups is 1. The fraction of sp³-hybridized carbons (Fsp3) is 0.632. The predicted octanol–water partition coefficient (Wildman–Crippen LogP) is 2.26. The minimum Gasteiger partial charge on any atom is -0.388 e. The van der Waals surface area contributed by atoms with Crippen molar-refractivity contribution in [2.75, 3.05) is 19.6 Å². The fourth-order valence-corrected chi connectivity index (χ4v) is 3.85. The van der Waals surface area contributed by atoms with Gasteiger partial charge in [0.05, 0.1) is 5.60 Å². The second-order valence-corrected chi connectivity index (χ2v) is 7.32. The van der Waals surface area contributed by atoms with Crippen molar-refractivity contribution < 1.29 is 9.90 Å². The van der Waals surface area contributed by atoms with E-state index in [9.17, 15) is 9.90 Å². The number of nitrogens with one attached hydrogen (secondary N) is 2. The second-order valence-electron chi connectivity index (χ2n) is 7.32. The summed E-state index contributed by atoms with van der Waals surface area (Å²) in [5.41, 5.74) is 0.620. The van der Waals surface area contributed by atoms with Gasteiger partial charge in [0, 0.05) is 25.7 Å². The lowest BCUT2D eigenvalue weighted by Crippen LogP contribution is -2.52. The molecule has 0 bridgehead atoms. The topological polar surface area (TPSA) is 64.6 Å². The Hall–Kier alpha value is -1.59. The molecule has 1 atom stereocenters. The van der Waals surface area contributed by atoms with Crippen LogP contribution >= 0.6 is 0 Å². The number of aliphatic hydroxyl groups is 1. The zero-order valence-corrected chi connectivity index (χ0v) is 14.3. The summed E-state index contributed by atoms with van der Waals surface area (Å²) in [6.45, 7) is 3.25. The molecule has 1 saturated heterocycles. The molecule has 0 spiro atoms. The molecule has 5 heteroatoms.